The van der Waals surface area contributed by atoms with Gasteiger partial charge in [-0.05, 0) is 29.3 Å². The number of nitrogens with zero attached hydrogens (tertiary/aromatic N) is 2. The maximum atomic E-state index is 15.3. The predicted octanol–water partition coefficient (Wildman–Crippen LogP) is 5.77. The second-order valence-corrected chi connectivity index (χ2v) is 15.7. The minimum absolute atomic E-state index is 0.0724. The summed E-state index contributed by atoms with van der Waals surface area (Å²) in [7, 11) is -2.91. The third-order valence-corrected chi connectivity index (χ3v) is 12.4. The van der Waals surface area contributed by atoms with Crippen LogP contribution >= 0.6 is 11.6 Å². The number of benzene rings is 2. The molecule has 0 bridgehead atoms. The lowest BCUT2D eigenvalue weighted by molar-refractivity contribution is -0.00535. The lowest BCUT2D eigenvalue weighted by atomic mass is 10.1. The lowest BCUT2D eigenvalue weighted by Gasteiger charge is -2.43. The van der Waals surface area contributed by atoms with Crippen LogP contribution in [0.1, 0.15) is 57.7 Å². The molecular formula is C30H36ClFN2O3Si. The van der Waals surface area contributed by atoms with Gasteiger partial charge in [0, 0.05) is 20.0 Å². The van der Waals surface area contributed by atoms with Gasteiger partial charge >= 0.3 is 0 Å². The third-order valence-electron chi connectivity index (χ3n) is 7.04. The Labute approximate surface area is 231 Å². The highest BCUT2D eigenvalue weighted by molar-refractivity contribution is 6.99. The number of carbonyl (C=O) groups excluding carboxylic acids is 1. The van der Waals surface area contributed by atoms with Gasteiger partial charge < -0.3 is 14.1 Å². The summed E-state index contributed by atoms with van der Waals surface area (Å²) in [4.78, 5) is 18.9. The van der Waals surface area contributed by atoms with E-state index < -0.39 is 19.9 Å². The van der Waals surface area contributed by atoms with Crippen LogP contribution in [0.3, 0.4) is 0 Å². The maximum absolute atomic E-state index is 15.3. The molecule has 1 saturated heterocycles. The van der Waals surface area contributed by atoms with Gasteiger partial charge in [0.15, 0.2) is 11.6 Å². The van der Waals surface area contributed by atoms with Crippen molar-refractivity contribution in [2.75, 3.05) is 18.0 Å². The number of morpholine rings is 1. The number of rotatable bonds is 7. The van der Waals surface area contributed by atoms with Crippen molar-refractivity contribution in [2.45, 2.75) is 65.4 Å². The summed E-state index contributed by atoms with van der Waals surface area (Å²) >= 11 is 6.66. The highest BCUT2D eigenvalue weighted by Gasteiger charge is 2.50. The molecule has 2 heterocycles. The normalized spacial score (nSPS) is 18.5. The van der Waals surface area contributed by atoms with Crippen LogP contribution in [0.2, 0.25) is 10.1 Å². The minimum atomic E-state index is -2.91. The van der Waals surface area contributed by atoms with Gasteiger partial charge in [0.1, 0.15) is 10.7 Å². The molecular weight excluding hydrogens is 519 g/mol. The molecule has 0 unspecified atom stereocenters. The van der Waals surface area contributed by atoms with Crippen LogP contribution in [-0.2, 0) is 15.8 Å². The van der Waals surface area contributed by atoms with E-state index in [4.69, 9.17) is 20.8 Å². The van der Waals surface area contributed by atoms with Crippen LogP contribution in [0.15, 0.2) is 60.7 Å². The predicted molar refractivity (Wildman–Crippen MR) is 154 cm³/mol. The zero-order valence-electron chi connectivity index (χ0n) is 22.9. The molecule has 1 aromatic heterocycles. The van der Waals surface area contributed by atoms with Crippen LogP contribution in [0.4, 0.5) is 10.1 Å². The third kappa shape index (κ3) is 5.43. The lowest BCUT2D eigenvalue weighted by Crippen LogP contribution is -2.66. The van der Waals surface area contributed by atoms with Gasteiger partial charge in [-0.1, -0.05) is 93.0 Å². The van der Waals surface area contributed by atoms with Gasteiger partial charge in [0.05, 0.1) is 30.2 Å². The number of anilines is 1. The number of pyridine rings is 1. The van der Waals surface area contributed by atoms with Gasteiger partial charge in [-0.15, -0.1) is 0 Å². The first-order valence-corrected chi connectivity index (χ1v) is 15.3. The van der Waals surface area contributed by atoms with Crippen LogP contribution in [-0.4, -0.2) is 44.4 Å². The standard InChI is InChI=1S/C30H36ClFN2O3Si/c1-20-17-34(18-21(2)37-20)29-25(33-28(22(3)35)27(32)26(29)31)19-36-38(30(4,5)6,23-13-9-7-10-14-23)24-15-11-8-12-16-24/h7-16,20-21H,17-19H2,1-6H3/t20-,21+. The monoisotopic (exact) mass is 554 g/mol. The van der Waals surface area contributed by atoms with Crippen LogP contribution in [0.5, 0.6) is 0 Å². The fourth-order valence-electron chi connectivity index (χ4n) is 5.53. The van der Waals surface area contributed by atoms with Crippen molar-refractivity contribution >= 4 is 41.8 Å². The largest absolute Gasteiger partial charge is 0.401 e. The zero-order chi connectivity index (χ0) is 27.7. The summed E-state index contributed by atoms with van der Waals surface area (Å²) in [5.41, 5.74) is 0.652. The van der Waals surface area contributed by atoms with Crippen molar-refractivity contribution in [3.05, 3.63) is 82.9 Å². The van der Waals surface area contributed by atoms with Gasteiger partial charge in [0.25, 0.3) is 8.32 Å². The minimum Gasteiger partial charge on any atom is -0.401 e. The maximum Gasteiger partial charge on any atom is 0.261 e. The summed E-state index contributed by atoms with van der Waals surface area (Å²) in [6, 6.07) is 20.5. The first kappa shape index (κ1) is 28.4. The van der Waals surface area contributed by atoms with Gasteiger partial charge in [0.2, 0.25) is 0 Å². The SMILES string of the molecule is CC(=O)c1nc(CO[Si](c2ccccc2)(c2ccccc2)C(C)(C)C)c(N2C[C@@H](C)O[C@@H](C)C2)c(Cl)c1F. The van der Waals surface area contributed by atoms with Crippen molar-refractivity contribution in [3.63, 3.8) is 0 Å². The topological polar surface area (TPSA) is 51.7 Å². The van der Waals surface area contributed by atoms with E-state index in [0.29, 0.717) is 24.5 Å². The van der Waals surface area contributed by atoms with E-state index in [1.807, 2.05) is 55.1 Å². The summed E-state index contributed by atoms with van der Waals surface area (Å²) < 4.78 is 28.3. The highest BCUT2D eigenvalue weighted by Crippen LogP contribution is 2.40. The second-order valence-electron chi connectivity index (χ2n) is 11.1. The Hall–Kier alpha value is -2.58. The van der Waals surface area contributed by atoms with Gasteiger partial charge in [-0.2, -0.15) is 0 Å². The number of hydrogen-bond donors (Lipinski definition) is 0. The molecule has 0 aliphatic carbocycles. The number of ether oxygens (including phenoxy) is 1. The Morgan fingerprint density at radius 2 is 1.55 bits per heavy atom. The number of Topliss-reactive ketones (excluding diaryl/α,β-unsaturated/α-hetero) is 1. The van der Waals surface area contributed by atoms with Crippen molar-refractivity contribution in [2.24, 2.45) is 0 Å². The van der Waals surface area contributed by atoms with E-state index in [-0.39, 0.29) is 34.6 Å². The molecule has 0 saturated carbocycles. The van der Waals surface area contributed by atoms with E-state index in [9.17, 15) is 4.79 Å². The molecule has 0 radical (unpaired) electrons. The van der Waals surface area contributed by atoms with Gasteiger partial charge in [-0.3, -0.25) is 4.79 Å². The van der Waals surface area contributed by atoms with Crippen LogP contribution < -0.4 is 15.3 Å². The van der Waals surface area contributed by atoms with Crippen LogP contribution in [0, 0.1) is 5.82 Å². The molecule has 3 aromatic rings. The van der Waals surface area contributed by atoms with Crippen molar-refractivity contribution in [3.8, 4) is 0 Å². The Balaban J connectivity index is 1.88. The Kier molecular flexibility index (Phi) is 8.42. The quantitative estimate of drug-likeness (QED) is 0.274. The molecule has 2 atom stereocenters. The molecule has 1 fully saturated rings. The Morgan fingerprint density at radius 3 is 2.00 bits per heavy atom. The molecule has 0 N–H and O–H groups in total. The smallest absolute Gasteiger partial charge is 0.261 e. The van der Waals surface area contributed by atoms with E-state index in [1.165, 1.54) is 6.92 Å². The Morgan fingerprint density at radius 1 is 1.05 bits per heavy atom. The molecule has 0 spiro atoms. The molecule has 1 aliphatic rings. The zero-order valence-corrected chi connectivity index (χ0v) is 24.7. The molecule has 38 heavy (non-hydrogen) atoms. The van der Waals surface area contributed by atoms with E-state index >= 15 is 4.39 Å². The molecule has 2 aromatic carbocycles. The van der Waals surface area contributed by atoms with E-state index in [0.717, 1.165) is 10.4 Å². The summed E-state index contributed by atoms with van der Waals surface area (Å²) in [6.45, 7) is 12.9. The van der Waals surface area contributed by atoms with Crippen LogP contribution in [0.25, 0.3) is 0 Å². The Bertz CT molecular complexity index is 1230. The molecule has 8 heteroatoms. The van der Waals surface area contributed by atoms with E-state index in [2.05, 4.69) is 50.0 Å². The average molecular weight is 555 g/mol. The number of halogens is 2. The second kappa shape index (κ2) is 11.3. The number of ketones is 1. The fraction of sp³-hybridized carbons (Fsp3) is 0.400. The summed E-state index contributed by atoms with van der Waals surface area (Å²) in [6.07, 6.45) is -0.147. The van der Waals surface area contributed by atoms with E-state index in [1.54, 1.807) is 0 Å². The summed E-state index contributed by atoms with van der Waals surface area (Å²) in [5.74, 6) is -1.28. The van der Waals surface area contributed by atoms with Crippen molar-refractivity contribution < 1.29 is 18.3 Å². The molecule has 4 rings (SSSR count). The summed E-state index contributed by atoms with van der Waals surface area (Å²) in [5, 5.41) is 1.88. The average Bonchev–Trinajstić information content (AvgIpc) is 2.86. The number of hydrogen-bond acceptors (Lipinski definition) is 5. The molecule has 0 amide bonds. The first-order chi connectivity index (χ1) is 18.0. The van der Waals surface area contributed by atoms with Crippen molar-refractivity contribution in [1.82, 2.24) is 4.98 Å². The van der Waals surface area contributed by atoms with Crippen molar-refractivity contribution in [1.29, 1.82) is 0 Å². The molecule has 1 aliphatic heterocycles. The first-order valence-electron chi connectivity index (χ1n) is 13.0. The number of aromatic nitrogens is 1. The van der Waals surface area contributed by atoms with Gasteiger partial charge in [-0.25, -0.2) is 9.37 Å². The fourth-order valence-corrected chi connectivity index (χ4v) is 10.4. The molecule has 202 valence electrons. The highest BCUT2D eigenvalue weighted by atomic mass is 35.5. The molecule has 5 nitrogen and oxygen atoms in total. The number of carbonyl (C=O) groups is 1.